The third-order valence-corrected chi connectivity index (χ3v) is 4.76. The summed E-state index contributed by atoms with van der Waals surface area (Å²) < 4.78 is 0. The van der Waals surface area contributed by atoms with Gasteiger partial charge in [-0.25, -0.2) is 0 Å². The Morgan fingerprint density at radius 1 is 1.11 bits per heavy atom. The minimum absolute atomic E-state index is 0.197. The van der Waals surface area contributed by atoms with Crippen LogP contribution in [-0.2, 0) is 4.79 Å². The quantitative estimate of drug-likeness (QED) is 0.818. The van der Waals surface area contributed by atoms with Gasteiger partial charge in [-0.2, -0.15) is 0 Å². The molecule has 1 atom stereocenters. The molecule has 2 aliphatic rings. The molecular weight excluding hydrogens is 224 g/mol. The first kappa shape index (κ1) is 13.9. The van der Waals surface area contributed by atoms with Crippen molar-refractivity contribution in [3.05, 3.63) is 0 Å². The van der Waals surface area contributed by atoms with Crippen LogP contribution in [0.1, 0.15) is 52.4 Å². The zero-order chi connectivity index (χ0) is 13.0. The van der Waals surface area contributed by atoms with Crippen molar-refractivity contribution >= 4 is 5.91 Å². The maximum Gasteiger partial charge on any atom is 0.228 e. The van der Waals surface area contributed by atoms with Crippen molar-refractivity contribution in [1.29, 1.82) is 0 Å². The second-order valence-electron chi connectivity index (χ2n) is 6.47. The second kappa shape index (κ2) is 6.05. The van der Waals surface area contributed by atoms with E-state index in [1.807, 2.05) is 0 Å². The van der Waals surface area contributed by atoms with E-state index < -0.39 is 0 Å². The topological polar surface area (TPSA) is 32.3 Å². The van der Waals surface area contributed by atoms with E-state index >= 15 is 0 Å². The van der Waals surface area contributed by atoms with E-state index in [-0.39, 0.29) is 5.41 Å². The van der Waals surface area contributed by atoms with E-state index in [4.69, 9.17) is 0 Å². The molecule has 104 valence electrons. The number of carbonyl (C=O) groups excluding carboxylic acids is 1. The van der Waals surface area contributed by atoms with Crippen LogP contribution < -0.4 is 5.32 Å². The Morgan fingerprint density at radius 2 is 1.78 bits per heavy atom. The Balaban J connectivity index is 2.00. The van der Waals surface area contributed by atoms with Crippen LogP contribution in [0.2, 0.25) is 0 Å². The third-order valence-electron chi connectivity index (χ3n) is 4.76. The zero-order valence-corrected chi connectivity index (χ0v) is 12.0. The second-order valence-corrected chi connectivity index (χ2v) is 6.47. The molecule has 0 bridgehead atoms. The molecule has 0 aromatic carbocycles. The largest absolute Gasteiger partial charge is 0.342 e. The van der Waals surface area contributed by atoms with Crippen LogP contribution in [0.3, 0.4) is 0 Å². The smallest absolute Gasteiger partial charge is 0.228 e. The number of nitrogens with one attached hydrogen (secondary N) is 1. The van der Waals surface area contributed by atoms with Crippen LogP contribution in [0.15, 0.2) is 0 Å². The van der Waals surface area contributed by atoms with Crippen molar-refractivity contribution < 1.29 is 4.79 Å². The standard InChI is InChI=1S/C15H28N2O/c1-15(2,13-8-7-9-16-12-13)14(18)17-10-5-3-4-6-11-17/h13,16H,3-12H2,1-2H3. The molecule has 2 aliphatic heterocycles. The fourth-order valence-corrected chi connectivity index (χ4v) is 3.32. The van der Waals surface area contributed by atoms with Gasteiger partial charge in [0.05, 0.1) is 0 Å². The summed E-state index contributed by atoms with van der Waals surface area (Å²) in [6, 6.07) is 0. The predicted molar refractivity (Wildman–Crippen MR) is 74.4 cm³/mol. The summed E-state index contributed by atoms with van der Waals surface area (Å²) in [7, 11) is 0. The highest BCUT2D eigenvalue weighted by molar-refractivity contribution is 5.82. The van der Waals surface area contributed by atoms with Gasteiger partial charge in [0, 0.05) is 18.5 Å². The lowest BCUT2D eigenvalue weighted by atomic mass is 9.74. The molecule has 1 N–H and O–H groups in total. The van der Waals surface area contributed by atoms with E-state index in [9.17, 15) is 4.79 Å². The first-order valence-corrected chi connectivity index (χ1v) is 7.62. The van der Waals surface area contributed by atoms with Crippen molar-refractivity contribution in [2.75, 3.05) is 26.2 Å². The first-order chi connectivity index (χ1) is 8.62. The summed E-state index contributed by atoms with van der Waals surface area (Å²) in [6.07, 6.45) is 7.35. The average Bonchev–Trinajstić information content (AvgIpc) is 2.67. The number of nitrogens with zero attached hydrogens (tertiary/aromatic N) is 1. The molecule has 18 heavy (non-hydrogen) atoms. The Bertz CT molecular complexity index is 274. The van der Waals surface area contributed by atoms with Gasteiger partial charge in [0.15, 0.2) is 0 Å². The first-order valence-electron chi connectivity index (χ1n) is 7.62. The molecule has 1 amide bonds. The maximum absolute atomic E-state index is 12.8. The van der Waals surface area contributed by atoms with E-state index in [0.29, 0.717) is 11.8 Å². The molecule has 0 spiro atoms. The van der Waals surface area contributed by atoms with Crippen molar-refractivity contribution in [2.24, 2.45) is 11.3 Å². The molecule has 2 rings (SSSR count). The number of hydrogen-bond donors (Lipinski definition) is 1. The predicted octanol–water partition coefficient (Wildman–Crippen LogP) is 2.41. The van der Waals surface area contributed by atoms with Gasteiger partial charge in [-0.3, -0.25) is 4.79 Å². The van der Waals surface area contributed by atoms with Crippen molar-refractivity contribution in [3.63, 3.8) is 0 Å². The Kier molecular flexibility index (Phi) is 4.66. The number of amides is 1. The summed E-state index contributed by atoms with van der Waals surface area (Å²) in [6.45, 7) is 8.37. The SMILES string of the molecule is CC(C)(C(=O)N1CCCCCC1)C1CCCNC1. The molecular formula is C15H28N2O. The molecule has 3 heteroatoms. The minimum atomic E-state index is -0.197. The average molecular weight is 252 g/mol. The van der Waals surface area contributed by atoms with E-state index in [0.717, 1.165) is 26.2 Å². The van der Waals surface area contributed by atoms with Gasteiger partial charge in [0.1, 0.15) is 0 Å². The summed E-state index contributed by atoms with van der Waals surface area (Å²) in [5.74, 6) is 0.889. The number of carbonyl (C=O) groups is 1. The summed E-state index contributed by atoms with van der Waals surface area (Å²) in [5.41, 5.74) is -0.197. The fraction of sp³-hybridized carbons (Fsp3) is 0.933. The molecule has 2 saturated heterocycles. The van der Waals surface area contributed by atoms with Gasteiger partial charge >= 0.3 is 0 Å². The molecule has 2 fully saturated rings. The molecule has 0 saturated carbocycles. The molecule has 0 aromatic rings. The Hall–Kier alpha value is -0.570. The summed E-state index contributed by atoms with van der Waals surface area (Å²) in [5, 5.41) is 3.44. The molecule has 3 nitrogen and oxygen atoms in total. The summed E-state index contributed by atoms with van der Waals surface area (Å²) >= 11 is 0. The van der Waals surface area contributed by atoms with Crippen molar-refractivity contribution in [3.8, 4) is 0 Å². The number of likely N-dealkylation sites (tertiary alicyclic amines) is 1. The minimum Gasteiger partial charge on any atom is -0.342 e. The van der Waals surface area contributed by atoms with Gasteiger partial charge in [0.25, 0.3) is 0 Å². The normalized spacial score (nSPS) is 26.8. The van der Waals surface area contributed by atoms with Crippen LogP contribution in [0, 0.1) is 11.3 Å². The van der Waals surface area contributed by atoms with Gasteiger partial charge in [0.2, 0.25) is 5.91 Å². The van der Waals surface area contributed by atoms with E-state index in [1.54, 1.807) is 0 Å². The number of piperidine rings is 1. The molecule has 2 heterocycles. The van der Waals surface area contributed by atoms with E-state index in [2.05, 4.69) is 24.1 Å². The Morgan fingerprint density at radius 3 is 2.33 bits per heavy atom. The van der Waals surface area contributed by atoms with Gasteiger partial charge in [-0.05, 0) is 44.7 Å². The van der Waals surface area contributed by atoms with Crippen LogP contribution in [0.5, 0.6) is 0 Å². The summed E-state index contributed by atoms with van der Waals surface area (Å²) in [4.78, 5) is 14.9. The third kappa shape index (κ3) is 3.05. The lowest BCUT2D eigenvalue weighted by Crippen LogP contribution is -2.49. The lowest BCUT2D eigenvalue weighted by molar-refractivity contribution is -0.143. The van der Waals surface area contributed by atoms with Crippen LogP contribution in [0.4, 0.5) is 0 Å². The highest BCUT2D eigenvalue weighted by Crippen LogP contribution is 2.34. The van der Waals surface area contributed by atoms with Crippen molar-refractivity contribution in [2.45, 2.75) is 52.4 Å². The fourth-order valence-electron chi connectivity index (χ4n) is 3.32. The lowest BCUT2D eigenvalue weighted by Gasteiger charge is -2.39. The monoisotopic (exact) mass is 252 g/mol. The van der Waals surface area contributed by atoms with E-state index in [1.165, 1.54) is 38.5 Å². The van der Waals surface area contributed by atoms with Crippen LogP contribution >= 0.6 is 0 Å². The van der Waals surface area contributed by atoms with Crippen LogP contribution in [-0.4, -0.2) is 37.0 Å². The molecule has 0 radical (unpaired) electrons. The molecule has 0 aliphatic carbocycles. The highest BCUT2D eigenvalue weighted by Gasteiger charge is 2.39. The van der Waals surface area contributed by atoms with Crippen molar-refractivity contribution in [1.82, 2.24) is 10.2 Å². The molecule has 1 unspecified atom stereocenters. The maximum atomic E-state index is 12.8. The van der Waals surface area contributed by atoms with Gasteiger partial charge in [-0.15, -0.1) is 0 Å². The Labute approximate surface area is 111 Å². The highest BCUT2D eigenvalue weighted by atomic mass is 16.2. The number of rotatable bonds is 2. The van der Waals surface area contributed by atoms with Gasteiger partial charge < -0.3 is 10.2 Å². The zero-order valence-electron chi connectivity index (χ0n) is 12.0. The molecule has 0 aromatic heterocycles. The number of hydrogen-bond acceptors (Lipinski definition) is 2. The van der Waals surface area contributed by atoms with Crippen LogP contribution in [0.25, 0.3) is 0 Å². The van der Waals surface area contributed by atoms with Gasteiger partial charge in [-0.1, -0.05) is 26.7 Å².